The monoisotopic (exact) mass is 235 g/mol. The van der Waals surface area contributed by atoms with Crippen molar-refractivity contribution in [1.29, 1.82) is 0 Å². The van der Waals surface area contributed by atoms with Crippen molar-refractivity contribution in [2.45, 2.75) is 12.8 Å². The molecule has 0 aromatic rings. The van der Waals surface area contributed by atoms with Gasteiger partial charge in [0.2, 0.25) is 0 Å². The number of carboxylic acid groups (broad SMARTS) is 2. The first-order valence-corrected chi connectivity index (χ1v) is 4.50. The average Bonchev–Trinajstić information content (AvgIpc) is 2.15. The summed E-state index contributed by atoms with van der Waals surface area (Å²) in [6.07, 6.45) is 2.94. The number of carbonyl (C=O) groups is 2. The molecule has 15 heavy (non-hydrogen) atoms. The number of carboxylic acids is 2. The van der Waals surface area contributed by atoms with Crippen LogP contribution in [0.15, 0.2) is 11.6 Å². The minimum absolute atomic E-state index is 0. The summed E-state index contributed by atoms with van der Waals surface area (Å²) in [5.74, 6) is -2.66. The number of piperidine rings is 1. The molecule has 0 aromatic carbocycles. The van der Waals surface area contributed by atoms with E-state index in [9.17, 15) is 9.59 Å². The van der Waals surface area contributed by atoms with E-state index < -0.39 is 17.5 Å². The summed E-state index contributed by atoms with van der Waals surface area (Å²) in [5, 5.41) is 20.3. The zero-order chi connectivity index (χ0) is 10.6. The fraction of sp³-hybridized carbons (Fsp3) is 0.556. The molecule has 1 aliphatic heterocycles. The summed E-state index contributed by atoms with van der Waals surface area (Å²) in [6, 6.07) is 0. The highest BCUT2D eigenvalue weighted by molar-refractivity contribution is 6.12. The third-order valence-electron chi connectivity index (χ3n) is 2.25. The van der Waals surface area contributed by atoms with Gasteiger partial charge in [-0.15, -0.1) is 12.4 Å². The molecular weight excluding hydrogens is 222 g/mol. The molecule has 1 fully saturated rings. The molecule has 0 unspecified atom stereocenters. The van der Waals surface area contributed by atoms with Crippen molar-refractivity contribution in [3.05, 3.63) is 11.6 Å². The van der Waals surface area contributed by atoms with Crippen molar-refractivity contribution < 1.29 is 19.8 Å². The van der Waals surface area contributed by atoms with Gasteiger partial charge in [0, 0.05) is 0 Å². The predicted octanol–water partition coefficient (Wildman–Crippen LogP) is 0.503. The van der Waals surface area contributed by atoms with Gasteiger partial charge in [0.25, 0.3) is 0 Å². The fourth-order valence-corrected chi connectivity index (χ4v) is 1.48. The van der Waals surface area contributed by atoms with Crippen LogP contribution in [-0.2, 0) is 9.59 Å². The minimum Gasteiger partial charge on any atom is -0.477 e. The van der Waals surface area contributed by atoms with E-state index in [1.807, 2.05) is 0 Å². The summed E-state index contributed by atoms with van der Waals surface area (Å²) in [7, 11) is 0. The van der Waals surface area contributed by atoms with Crippen LogP contribution >= 0.6 is 12.4 Å². The van der Waals surface area contributed by atoms with Gasteiger partial charge in [-0.05, 0) is 31.8 Å². The summed E-state index contributed by atoms with van der Waals surface area (Å²) < 4.78 is 0. The van der Waals surface area contributed by atoms with Gasteiger partial charge in [-0.3, -0.25) is 0 Å². The molecule has 1 heterocycles. The van der Waals surface area contributed by atoms with E-state index in [2.05, 4.69) is 5.32 Å². The molecule has 1 rings (SSSR count). The van der Waals surface area contributed by atoms with E-state index in [1.54, 1.807) is 0 Å². The lowest BCUT2D eigenvalue weighted by molar-refractivity contribution is -0.140. The van der Waals surface area contributed by atoms with Crippen molar-refractivity contribution in [3.8, 4) is 0 Å². The molecule has 0 aliphatic carbocycles. The van der Waals surface area contributed by atoms with Gasteiger partial charge in [-0.25, -0.2) is 9.59 Å². The van der Waals surface area contributed by atoms with E-state index in [0.717, 1.165) is 25.9 Å². The van der Waals surface area contributed by atoms with Crippen LogP contribution in [0.4, 0.5) is 0 Å². The lowest BCUT2D eigenvalue weighted by Crippen LogP contribution is -2.27. The van der Waals surface area contributed by atoms with Gasteiger partial charge in [0.05, 0.1) is 0 Å². The zero-order valence-electron chi connectivity index (χ0n) is 8.10. The smallest absolute Gasteiger partial charge is 0.342 e. The van der Waals surface area contributed by atoms with Crippen LogP contribution in [0, 0.1) is 5.92 Å². The van der Waals surface area contributed by atoms with E-state index >= 15 is 0 Å². The molecule has 0 radical (unpaired) electrons. The fourth-order valence-electron chi connectivity index (χ4n) is 1.48. The van der Waals surface area contributed by atoms with Gasteiger partial charge in [-0.2, -0.15) is 0 Å². The average molecular weight is 236 g/mol. The molecule has 6 heteroatoms. The largest absolute Gasteiger partial charge is 0.477 e. The summed E-state index contributed by atoms with van der Waals surface area (Å²) in [4.78, 5) is 21.1. The molecule has 0 saturated carbocycles. The van der Waals surface area contributed by atoms with Gasteiger partial charge >= 0.3 is 11.9 Å². The maximum Gasteiger partial charge on any atom is 0.342 e. The third kappa shape index (κ3) is 4.31. The molecule has 0 amide bonds. The van der Waals surface area contributed by atoms with Crippen LogP contribution in [0.2, 0.25) is 0 Å². The Morgan fingerprint density at radius 1 is 1.13 bits per heavy atom. The first-order chi connectivity index (χ1) is 6.61. The number of rotatable bonds is 3. The Kier molecular flexibility index (Phi) is 5.96. The first-order valence-electron chi connectivity index (χ1n) is 4.50. The number of nitrogens with one attached hydrogen (secondary N) is 1. The van der Waals surface area contributed by atoms with Crippen LogP contribution in [0.5, 0.6) is 0 Å². The van der Waals surface area contributed by atoms with Crippen LogP contribution < -0.4 is 5.32 Å². The second-order valence-corrected chi connectivity index (χ2v) is 3.28. The highest BCUT2D eigenvalue weighted by atomic mass is 35.5. The SMILES string of the molecule is Cl.O=C(O)C(=CC1CCNCC1)C(=O)O. The van der Waals surface area contributed by atoms with Crippen molar-refractivity contribution >= 4 is 24.3 Å². The standard InChI is InChI=1S/C9H13NO4.ClH/c11-8(12)7(9(13)14)5-6-1-3-10-4-2-6;/h5-6,10H,1-4H2,(H,11,12)(H,13,14);1H. The van der Waals surface area contributed by atoms with Crippen LogP contribution in [-0.4, -0.2) is 35.2 Å². The van der Waals surface area contributed by atoms with E-state index in [1.165, 1.54) is 6.08 Å². The van der Waals surface area contributed by atoms with Gasteiger partial charge in [-0.1, -0.05) is 6.08 Å². The molecule has 86 valence electrons. The highest BCUT2D eigenvalue weighted by Gasteiger charge is 2.19. The second-order valence-electron chi connectivity index (χ2n) is 3.28. The maximum absolute atomic E-state index is 10.5. The quantitative estimate of drug-likeness (QED) is 0.377. The maximum atomic E-state index is 10.5. The Morgan fingerprint density at radius 2 is 1.60 bits per heavy atom. The number of hydrogen-bond donors (Lipinski definition) is 3. The summed E-state index contributed by atoms with van der Waals surface area (Å²) >= 11 is 0. The topological polar surface area (TPSA) is 86.6 Å². The number of aliphatic carboxylic acids is 2. The van der Waals surface area contributed by atoms with E-state index in [-0.39, 0.29) is 18.3 Å². The third-order valence-corrected chi connectivity index (χ3v) is 2.25. The molecule has 0 spiro atoms. The van der Waals surface area contributed by atoms with E-state index in [0.29, 0.717) is 0 Å². The molecule has 0 aromatic heterocycles. The Morgan fingerprint density at radius 3 is 2.00 bits per heavy atom. The number of hydrogen-bond acceptors (Lipinski definition) is 3. The van der Waals surface area contributed by atoms with Gasteiger partial charge < -0.3 is 15.5 Å². The Balaban J connectivity index is 0.00000196. The van der Waals surface area contributed by atoms with Gasteiger partial charge in [0.1, 0.15) is 5.57 Å². The van der Waals surface area contributed by atoms with Crippen molar-refractivity contribution in [1.82, 2.24) is 5.32 Å². The Bertz CT molecular complexity index is 255. The lowest BCUT2D eigenvalue weighted by Gasteiger charge is -2.19. The number of allylic oxidation sites excluding steroid dienone is 1. The minimum atomic E-state index is -1.36. The Hall–Kier alpha value is -1.07. The van der Waals surface area contributed by atoms with Crippen molar-refractivity contribution in [3.63, 3.8) is 0 Å². The zero-order valence-corrected chi connectivity index (χ0v) is 8.92. The molecule has 0 bridgehead atoms. The number of halogens is 1. The molecule has 1 aliphatic rings. The molecule has 3 N–H and O–H groups in total. The van der Waals surface area contributed by atoms with E-state index in [4.69, 9.17) is 10.2 Å². The molecular formula is C9H14ClNO4. The predicted molar refractivity (Wildman–Crippen MR) is 56.2 cm³/mol. The second kappa shape index (κ2) is 6.42. The first kappa shape index (κ1) is 13.9. The molecule has 1 saturated heterocycles. The lowest BCUT2D eigenvalue weighted by atomic mass is 9.95. The molecule has 5 nitrogen and oxygen atoms in total. The normalized spacial score (nSPS) is 16.3. The summed E-state index contributed by atoms with van der Waals surface area (Å²) in [5.41, 5.74) is -0.517. The highest BCUT2D eigenvalue weighted by Crippen LogP contribution is 2.15. The van der Waals surface area contributed by atoms with Crippen molar-refractivity contribution in [2.24, 2.45) is 5.92 Å². The van der Waals surface area contributed by atoms with Crippen LogP contribution in [0.1, 0.15) is 12.8 Å². The Labute approximate surface area is 93.6 Å². The van der Waals surface area contributed by atoms with Crippen LogP contribution in [0.3, 0.4) is 0 Å². The van der Waals surface area contributed by atoms with Crippen molar-refractivity contribution in [2.75, 3.05) is 13.1 Å². The summed E-state index contributed by atoms with van der Waals surface area (Å²) in [6.45, 7) is 1.63. The molecule has 0 atom stereocenters. The van der Waals surface area contributed by atoms with Crippen LogP contribution in [0.25, 0.3) is 0 Å². The van der Waals surface area contributed by atoms with Gasteiger partial charge in [0.15, 0.2) is 0 Å².